The van der Waals surface area contributed by atoms with Gasteiger partial charge in [-0.15, -0.1) is 0 Å². The van der Waals surface area contributed by atoms with Crippen LogP contribution in [0.3, 0.4) is 0 Å². The fraction of sp³-hybridized carbons (Fsp3) is 0.111. The number of halogens is 7. The molecule has 4 aromatic rings. The smallest absolute Gasteiger partial charge is 0.206 e. The third-order valence-corrected chi connectivity index (χ3v) is 5.58. The topological polar surface area (TPSA) is 0 Å². The van der Waals surface area contributed by atoms with Crippen LogP contribution in [0.4, 0.5) is 30.7 Å². The molecular weight excluding hydrogens is 457 g/mol. The highest BCUT2D eigenvalue weighted by molar-refractivity contribution is 5.74. The van der Waals surface area contributed by atoms with Crippen molar-refractivity contribution in [3.63, 3.8) is 0 Å². The molecule has 0 bridgehead atoms. The van der Waals surface area contributed by atoms with E-state index in [1.807, 2.05) is 31.2 Å². The van der Waals surface area contributed by atoms with Gasteiger partial charge in [-0.3, -0.25) is 0 Å². The fourth-order valence-corrected chi connectivity index (χ4v) is 3.78. The lowest BCUT2D eigenvalue weighted by atomic mass is 9.96. The van der Waals surface area contributed by atoms with E-state index in [1.54, 1.807) is 6.07 Å². The van der Waals surface area contributed by atoms with E-state index in [4.69, 9.17) is 0 Å². The highest BCUT2D eigenvalue weighted by Gasteiger charge is 2.38. The molecule has 0 saturated carbocycles. The van der Waals surface area contributed by atoms with E-state index in [0.29, 0.717) is 17.7 Å². The Labute approximate surface area is 191 Å². The summed E-state index contributed by atoms with van der Waals surface area (Å²) in [5.41, 5.74) is 0.0987. The first kappa shape index (κ1) is 23.5. The molecule has 0 N–H and O–H groups in total. The van der Waals surface area contributed by atoms with Gasteiger partial charge in [-0.1, -0.05) is 55.5 Å². The molecule has 0 nitrogen and oxygen atoms in total. The van der Waals surface area contributed by atoms with Gasteiger partial charge in [0, 0.05) is 11.1 Å². The van der Waals surface area contributed by atoms with Crippen LogP contribution in [0, 0.1) is 23.3 Å². The van der Waals surface area contributed by atoms with Gasteiger partial charge in [0.2, 0.25) is 0 Å². The van der Waals surface area contributed by atoms with Crippen molar-refractivity contribution in [3.8, 4) is 33.4 Å². The minimum atomic E-state index is -5.23. The lowest BCUT2D eigenvalue weighted by Gasteiger charge is -2.13. The van der Waals surface area contributed by atoms with Crippen LogP contribution in [0.25, 0.3) is 33.4 Å². The minimum absolute atomic E-state index is 0.101. The molecule has 0 heterocycles. The van der Waals surface area contributed by atoms with Crippen LogP contribution in [0.2, 0.25) is 0 Å². The summed E-state index contributed by atoms with van der Waals surface area (Å²) in [6.45, 7) is 2.03. The number of rotatable bonds is 4. The van der Waals surface area contributed by atoms with Crippen LogP contribution in [-0.2, 0) is 12.6 Å². The summed E-state index contributed by atoms with van der Waals surface area (Å²) in [5.74, 6) is -5.26. The Bertz CT molecular complexity index is 1330. The van der Waals surface area contributed by atoms with E-state index in [0.717, 1.165) is 29.7 Å². The van der Waals surface area contributed by atoms with Crippen molar-refractivity contribution in [1.29, 1.82) is 0 Å². The van der Waals surface area contributed by atoms with Gasteiger partial charge in [-0.25, -0.2) is 17.6 Å². The molecule has 34 heavy (non-hydrogen) atoms. The maximum Gasteiger partial charge on any atom is 0.422 e. The first-order valence-corrected chi connectivity index (χ1v) is 10.3. The molecule has 0 saturated heterocycles. The van der Waals surface area contributed by atoms with Gasteiger partial charge in [-0.05, 0) is 58.5 Å². The zero-order valence-corrected chi connectivity index (χ0v) is 17.8. The summed E-state index contributed by atoms with van der Waals surface area (Å²) >= 11 is 0. The van der Waals surface area contributed by atoms with Gasteiger partial charge in [0.1, 0.15) is 28.8 Å². The molecule has 0 fully saturated rings. The average molecular weight is 474 g/mol. The molecule has 174 valence electrons. The standard InChI is InChI=1S/C27H17F7/c1-2-15-3-5-16(6-4-15)17-7-9-20(22(28)11-17)18-8-10-21(23(29)12-18)19-13-24(30)26(25(31)14-19)27(32,33)34/h3-14H,2H2,1H3. The van der Waals surface area contributed by atoms with Crippen LogP contribution >= 0.6 is 0 Å². The van der Waals surface area contributed by atoms with E-state index in [1.165, 1.54) is 18.2 Å². The lowest BCUT2D eigenvalue weighted by Crippen LogP contribution is -2.11. The summed E-state index contributed by atoms with van der Waals surface area (Å²) in [5, 5.41) is 0. The largest absolute Gasteiger partial charge is 0.422 e. The van der Waals surface area contributed by atoms with Gasteiger partial charge in [0.05, 0.1) is 0 Å². The third-order valence-electron chi connectivity index (χ3n) is 5.58. The molecule has 7 heteroatoms. The second-order valence-electron chi connectivity index (χ2n) is 7.75. The summed E-state index contributed by atoms with van der Waals surface area (Å²) in [4.78, 5) is 0. The Kier molecular flexibility index (Phi) is 6.21. The molecule has 4 aromatic carbocycles. The monoisotopic (exact) mass is 474 g/mol. The van der Waals surface area contributed by atoms with Crippen LogP contribution in [-0.4, -0.2) is 0 Å². The summed E-state index contributed by atoms with van der Waals surface area (Å²) < 4.78 is 95.8. The molecule has 0 amide bonds. The molecular formula is C27H17F7. The number of aryl methyl sites for hydroxylation is 1. The first-order chi connectivity index (χ1) is 16.1. The van der Waals surface area contributed by atoms with Crippen LogP contribution < -0.4 is 0 Å². The number of hydrogen-bond acceptors (Lipinski definition) is 0. The second-order valence-corrected chi connectivity index (χ2v) is 7.75. The fourth-order valence-electron chi connectivity index (χ4n) is 3.78. The van der Waals surface area contributed by atoms with Crippen molar-refractivity contribution in [2.24, 2.45) is 0 Å². The second kappa shape index (κ2) is 8.97. The minimum Gasteiger partial charge on any atom is -0.206 e. The molecule has 4 rings (SSSR count). The van der Waals surface area contributed by atoms with Gasteiger partial charge in [0.25, 0.3) is 0 Å². The maximum absolute atomic E-state index is 14.9. The predicted octanol–water partition coefficient (Wildman–Crippen LogP) is 8.83. The SMILES string of the molecule is CCc1ccc(-c2ccc(-c3ccc(-c4cc(F)c(C(F)(F)F)c(F)c4)c(F)c3)c(F)c2)cc1. The van der Waals surface area contributed by atoms with Crippen molar-refractivity contribution in [1.82, 2.24) is 0 Å². The van der Waals surface area contributed by atoms with E-state index in [-0.39, 0.29) is 16.7 Å². The van der Waals surface area contributed by atoms with Gasteiger partial charge >= 0.3 is 6.18 Å². The molecule has 0 radical (unpaired) electrons. The molecule has 0 atom stereocenters. The number of hydrogen-bond donors (Lipinski definition) is 0. The number of benzene rings is 4. The van der Waals surface area contributed by atoms with E-state index in [2.05, 4.69) is 0 Å². The number of alkyl halides is 3. The highest BCUT2D eigenvalue weighted by Crippen LogP contribution is 2.37. The van der Waals surface area contributed by atoms with Gasteiger partial charge in [-0.2, -0.15) is 13.2 Å². The van der Waals surface area contributed by atoms with Crippen molar-refractivity contribution >= 4 is 0 Å². The first-order valence-electron chi connectivity index (χ1n) is 10.3. The zero-order chi connectivity index (χ0) is 24.6. The van der Waals surface area contributed by atoms with Crippen molar-refractivity contribution in [2.75, 3.05) is 0 Å². The third kappa shape index (κ3) is 4.55. The average Bonchev–Trinajstić information content (AvgIpc) is 2.77. The van der Waals surface area contributed by atoms with Crippen LogP contribution in [0.15, 0.2) is 72.8 Å². The molecule has 0 unspecified atom stereocenters. The predicted molar refractivity (Wildman–Crippen MR) is 117 cm³/mol. The normalized spacial score (nSPS) is 11.6. The van der Waals surface area contributed by atoms with E-state index in [9.17, 15) is 30.7 Å². The van der Waals surface area contributed by atoms with Crippen molar-refractivity contribution in [2.45, 2.75) is 19.5 Å². The Balaban J connectivity index is 1.67. The van der Waals surface area contributed by atoms with Gasteiger partial charge < -0.3 is 0 Å². The lowest BCUT2D eigenvalue weighted by molar-refractivity contribution is -0.142. The molecule has 0 aromatic heterocycles. The molecule has 0 aliphatic carbocycles. The van der Waals surface area contributed by atoms with Crippen LogP contribution in [0.1, 0.15) is 18.1 Å². The van der Waals surface area contributed by atoms with E-state index < -0.39 is 40.6 Å². The zero-order valence-electron chi connectivity index (χ0n) is 17.8. The highest BCUT2D eigenvalue weighted by atomic mass is 19.4. The quantitative estimate of drug-likeness (QED) is 0.259. The van der Waals surface area contributed by atoms with Gasteiger partial charge in [0.15, 0.2) is 0 Å². The molecule has 0 aliphatic heterocycles. The Hall–Kier alpha value is -3.61. The molecule has 0 aliphatic rings. The molecule has 0 spiro atoms. The van der Waals surface area contributed by atoms with Crippen LogP contribution in [0.5, 0.6) is 0 Å². The summed E-state index contributed by atoms with van der Waals surface area (Å²) in [6, 6.07) is 16.4. The Morgan fingerprint density at radius 3 is 1.47 bits per heavy atom. The van der Waals surface area contributed by atoms with E-state index >= 15 is 0 Å². The summed E-state index contributed by atoms with van der Waals surface area (Å²) in [7, 11) is 0. The van der Waals surface area contributed by atoms with Crippen molar-refractivity contribution in [3.05, 3.63) is 107 Å². The summed E-state index contributed by atoms with van der Waals surface area (Å²) in [6.07, 6.45) is -4.35. The Morgan fingerprint density at radius 2 is 0.971 bits per heavy atom. The maximum atomic E-state index is 14.9. The Morgan fingerprint density at radius 1 is 0.529 bits per heavy atom. The van der Waals surface area contributed by atoms with Crippen molar-refractivity contribution < 1.29 is 30.7 Å².